The van der Waals surface area contributed by atoms with Crippen LogP contribution in [0.3, 0.4) is 0 Å². The van der Waals surface area contributed by atoms with Gasteiger partial charge in [-0.3, -0.25) is 0 Å². The zero-order valence-electron chi connectivity index (χ0n) is 46.2. The molecular formula is C65H39Cl2F4N8NaO9Yb+3. The van der Waals surface area contributed by atoms with E-state index in [1.54, 1.807) is 66.7 Å². The number of aromatic amines is 3. The summed E-state index contributed by atoms with van der Waals surface area (Å²) in [5.41, 5.74) is 7.66. The van der Waals surface area contributed by atoms with E-state index in [0.29, 0.717) is 101 Å². The monoisotopic (exact) mass is 1420 g/mol. The number of alkyl halides is 2. The van der Waals surface area contributed by atoms with E-state index in [0.717, 1.165) is 21.5 Å². The predicted octanol–water partition coefficient (Wildman–Crippen LogP) is 8.88. The van der Waals surface area contributed by atoms with Crippen LogP contribution < -0.4 is 64.9 Å². The number of benzene rings is 8. The van der Waals surface area contributed by atoms with E-state index < -0.39 is 11.6 Å². The number of H-pyrrole nitrogens is 3. The number of halogens is 6. The molecule has 0 bridgehead atoms. The molecule has 8 aromatic heterocycles. The molecule has 0 spiro atoms. The van der Waals surface area contributed by atoms with Gasteiger partial charge in [0.05, 0.1) is 16.4 Å². The van der Waals surface area contributed by atoms with Crippen molar-refractivity contribution in [3.63, 3.8) is 0 Å². The van der Waals surface area contributed by atoms with E-state index >= 15 is 0 Å². The minimum atomic E-state index is -0.390. The number of nitrogens with zero attached hydrogens (tertiary/aromatic N) is 5. The Morgan fingerprint density at radius 2 is 0.744 bits per heavy atom. The van der Waals surface area contributed by atoms with Gasteiger partial charge in [-0.25, -0.2) is 47.5 Å². The molecule has 0 atom stereocenters. The van der Waals surface area contributed by atoms with Gasteiger partial charge in [0, 0.05) is 53.2 Å². The third-order valence-electron chi connectivity index (χ3n) is 13.2. The number of aromatic nitrogens is 8. The van der Waals surface area contributed by atoms with Crippen molar-refractivity contribution < 1.29 is 153 Å². The zero-order valence-corrected chi connectivity index (χ0v) is 51.4. The van der Waals surface area contributed by atoms with Gasteiger partial charge < -0.3 is 43.6 Å². The minimum Gasteiger partial charge on any atom is -0.871 e. The van der Waals surface area contributed by atoms with Crippen LogP contribution in [0, 0.1) is 70.2 Å². The van der Waals surface area contributed by atoms with E-state index in [-0.39, 0.29) is 134 Å². The Hall–Kier alpha value is -8.74. The van der Waals surface area contributed by atoms with Gasteiger partial charge in [-0.2, -0.15) is 9.97 Å². The smallest absolute Gasteiger partial charge is 0.871 e. The zero-order chi connectivity index (χ0) is 60.3. The van der Waals surface area contributed by atoms with E-state index in [1.807, 2.05) is 42.5 Å². The third kappa shape index (κ3) is 14.5. The van der Waals surface area contributed by atoms with Crippen LogP contribution >= 0.6 is 23.2 Å². The molecule has 8 aromatic carbocycles. The first-order valence-electron chi connectivity index (χ1n) is 26.0. The molecule has 447 valence electrons. The van der Waals surface area contributed by atoms with Crippen molar-refractivity contribution in [3.8, 4) is 69.3 Å². The number of oxazole rings is 4. The number of para-hydroxylation sites is 4. The molecule has 0 unspecified atom stereocenters. The first kappa shape index (κ1) is 65.7. The first-order chi connectivity index (χ1) is 42.2. The van der Waals surface area contributed by atoms with Crippen molar-refractivity contribution in [1.82, 2.24) is 24.9 Å². The Balaban J connectivity index is 0.000000139. The molecule has 0 fully saturated rings. The van der Waals surface area contributed by atoms with Crippen LogP contribution in [0.15, 0.2) is 212 Å². The molecule has 0 aliphatic rings. The Morgan fingerprint density at radius 1 is 0.378 bits per heavy atom. The molecule has 0 aliphatic carbocycles. The fraction of sp³-hybridized carbons (Fsp3) is 0.0154. The number of hydrogen-bond acceptors (Lipinski definition) is 13. The molecule has 16 aromatic rings. The molecular weight excluding hydrogens is 1380 g/mol. The largest absolute Gasteiger partial charge is 3.00 e. The summed E-state index contributed by atoms with van der Waals surface area (Å²) in [7, 11) is 0. The predicted molar refractivity (Wildman–Crippen MR) is 313 cm³/mol. The fourth-order valence-electron chi connectivity index (χ4n) is 9.17. The summed E-state index contributed by atoms with van der Waals surface area (Å²) < 4.78 is 74.8. The van der Waals surface area contributed by atoms with Crippen LogP contribution in [0.2, 0.25) is 0 Å². The Kier molecular flexibility index (Phi) is 21.0. The van der Waals surface area contributed by atoms with E-state index in [9.17, 15) is 38.0 Å². The first-order valence-corrected chi connectivity index (χ1v) is 27.1. The summed E-state index contributed by atoms with van der Waals surface area (Å²) in [5.74, 6) is -0.725. The SMILES string of the molecule is ClCCl.O.[Na+].[O-]c1cccc2ccc(-c3[nH+]c4ccc(F)cc4o3)[nH+]c12.[O-]c1cccc2ccc(-c3nc4ccc(F)cc4o3)[nH+]c12.[O-]c1cccc2ccc(-c3nc4ccc(F)cc4o3)nc12.[O-]c1cccc2ccc(-c3nc4ccc(F)cc4o3)nc12.[Yb+3]. The second kappa shape index (κ2) is 28.8. The molecule has 16 rings (SSSR count). The molecule has 25 heteroatoms. The second-order valence-electron chi connectivity index (χ2n) is 18.9. The summed E-state index contributed by atoms with van der Waals surface area (Å²) in [6, 6.07) is 51.0. The van der Waals surface area contributed by atoms with Gasteiger partial charge in [0.1, 0.15) is 51.2 Å². The Bertz CT molecular complexity index is 4610. The van der Waals surface area contributed by atoms with Crippen LogP contribution in [0.1, 0.15) is 0 Å². The summed E-state index contributed by atoms with van der Waals surface area (Å²) in [5, 5.41) is 50.7. The number of nitrogens with one attached hydrogen (secondary N) is 3. The average molecular weight is 1420 g/mol. The Morgan fingerprint density at radius 3 is 1.21 bits per heavy atom. The number of hydrogen-bond donors (Lipinski definition) is 0. The van der Waals surface area contributed by atoms with Gasteiger partial charge in [0.25, 0.3) is 11.6 Å². The number of rotatable bonds is 4. The quantitative estimate of drug-likeness (QED) is 0.0905. The van der Waals surface area contributed by atoms with Crippen molar-refractivity contribution in [2.45, 2.75) is 0 Å². The van der Waals surface area contributed by atoms with Crippen molar-refractivity contribution in [1.29, 1.82) is 0 Å². The maximum absolute atomic E-state index is 13.2. The topological polar surface area (TPSA) is 283 Å². The van der Waals surface area contributed by atoms with E-state index in [1.165, 1.54) is 84.9 Å². The average Bonchev–Trinajstić information content (AvgIpc) is 2.25. The van der Waals surface area contributed by atoms with Crippen LogP contribution in [-0.2, 0) is 0 Å². The van der Waals surface area contributed by atoms with Gasteiger partial charge in [-0.15, -0.1) is 23.2 Å². The number of fused-ring (bicyclic) bond motifs is 8. The molecule has 8 heterocycles. The number of pyridine rings is 4. The maximum atomic E-state index is 13.2. The molecule has 0 saturated heterocycles. The molecule has 17 nitrogen and oxygen atoms in total. The van der Waals surface area contributed by atoms with Gasteiger partial charge in [-0.1, -0.05) is 84.3 Å². The van der Waals surface area contributed by atoms with Crippen molar-refractivity contribution >= 4 is 111 Å². The van der Waals surface area contributed by atoms with Crippen molar-refractivity contribution in [2.24, 2.45) is 0 Å². The van der Waals surface area contributed by atoms with Crippen LogP contribution in [-0.4, -0.2) is 35.7 Å². The van der Waals surface area contributed by atoms with Crippen molar-refractivity contribution in [3.05, 3.63) is 217 Å². The molecule has 5 N–H and O–H groups in total. The summed E-state index contributed by atoms with van der Waals surface area (Å²) in [6.07, 6.45) is 0. The van der Waals surface area contributed by atoms with Crippen molar-refractivity contribution in [2.75, 3.05) is 5.34 Å². The van der Waals surface area contributed by atoms with Gasteiger partial charge in [0.15, 0.2) is 16.7 Å². The summed E-state index contributed by atoms with van der Waals surface area (Å²) >= 11 is 9.53. The molecule has 1 radical (unpaired) electrons. The third-order valence-corrected chi connectivity index (χ3v) is 13.2. The minimum absolute atomic E-state index is 0. The van der Waals surface area contributed by atoms with Crippen LogP contribution in [0.4, 0.5) is 17.6 Å². The maximum Gasteiger partial charge on any atom is 3.00 e. The second-order valence-corrected chi connectivity index (χ2v) is 19.7. The van der Waals surface area contributed by atoms with E-state index in [4.69, 9.17) is 40.9 Å². The van der Waals surface area contributed by atoms with Gasteiger partial charge in [0.2, 0.25) is 33.9 Å². The standard InChI is InChI=1S/4C16H9FN2O2.CH2Cl2.Na.H2O.Yb/c4*17-10-5-7-11-14(8-10)21-16(19-11)12-6-4-9-2-1-3-13(20)15(9)18-12;2-1-3;;;/h4*1-8,20H;1H2;;1H2;/q;;;;;+1;;+3/p-1. The summed E-state index contributed by atoms with van der Waals surface area (Å²) in [4.78, 5) is 30.6. The molecule has 90 heavy (non-hydrogen) atoms. The summed E-state index contributed by atoms with van der Waals surface area (Å²) in [6.45, 7) is 0. The van der Waals surface area contributed by atoms with Crippen LogP contribution in [0.25, 0.3) is 134 Å². The van der Waals surface area contributed by atoms with Crippen LogP contribution in [0.5, 0.6) is 23.0 Å². The molecule has 0 saturated carbocycles. The van der Waals surface area contributed by atoms with E-state index in [2.05, 4.69) is 39.9 Å². The molecule has 0 amide bonds. The normalized spacial score (nSPS) is 10.7. The fourth-order valence-corrected chi connectivity index (χ4v) is 9.17. The molecule has 0 aliphatic heterocycles. The van der Waals surface area contributed by atoms with Gasteiger partial charge >= 0.3 is 88.1 Å². The van der Waals surface area contributed by atoms with Gasteiger partial charge in [-0.05, 0) is 101 Å². The Labute approximate surface area is 575 Å².